The van der Waals surface area contributed by atoms with E-state index in [1.54, 1.807) is 6.07 Å². The summed E-state index contributed by atoms with van der Waals surface area (Å²) in [6, 6.07) is 11.8. The first kappa shape index (κ1) is 17.9. The molecule has 1 aliphatic rings. The zero-order valence-corrected chi connectivity index (χ0v) is 14.4. The van der Waals surface area contributed by atoms with Crippen molar-refractivity contribution in [3.05, 3.63) is 64.4 Å². The van der Waals surface area contributed by atoms with Crippen LogP contribution in [0.25, 0.3) is 11.1 Å². The van der Waals surface area contributed by atoms with Gasteiger partial charge in [-0.05, 0) is 18.1 Å². The molecule has 1 aromatic carbocycles. The molecule has 4 atom stereocenters. The Morgan fingerprint density at radius 1 is 1.11 bits per heavy atom. The van der Waals surface area contributed by atoms with Gasteiger partial charge in [0.15, 0.2) is 6.23 Å². The van der Waals surface area contributed by atoms with Gasteiger partial charge < -0.3 is 24.5 Å². The molecule has 0 saturated carbocycles. The molecule has 2 aromatic heterocycles. The van der Waals surface area contributed by atoms with Crippen LogP contribution in [0.5, 0.6) is 0 Å². The molecule has 4 rings (SSSR count). The molecule has 1 aliphatic heterocycles. The third-order valence-corrected chi connectivity index (χ3v) is 4.78. The number of rotatable bonds is 5. The minimum atomic E-state index is -1.34. The molecule has 0 bridgehead atoms. The van der Waals surface area contributed by atoms with Crippen LogP contribution in [0, 0.1) is 0 Å². The van der Waals surface area contributed by atoms with Gasteiger partial charge in [-0.2, -0.15) is 4.98 Å². The summed E-state index contributed by atoms with van der Waals surface area (Å²) < 4.78 is 12.2. The van der Waals surface area contributed by atoms with Gasteiger partial charge >= 0.3 is 5.69 Å². The second-order valence-corrected chi connectivity index (χ2v) is 6.62. The highest BCUT2D eigenvalue weighted by Crippen LogP contribution is 2.29. The molecule has 0 aliphatic carbocycles. The lowest BCUT2D eigenvalue weighted by Gasteiger charge is -2.16. The zero-order valence-electron chi connectivity index (χ0n) is 14.4. The van der Waals surface area contributed by atoms with Crippen LogP contribution in [0.1, 0.15) is 17.6 Å². The molecule has 0 radical (unpaired) electrons. The highest BCUT2D eigenvalue weighted by atomic mass is 16.6. The Morgan fingerprint density at radius 2 is 1.89 bits per heavy atom. The third kappa shape index (κ3) is 3.40. The molecule has 27 heavy (non-hydrogen) atoms. The number of furan rings is 1. The Morgan fingerprint density at radius 3 is 2.59 bits per heavy atom. The molecule has 8 nitrogen and oxygen atoms in total. The number of fused-ring (bicyclic) bond motifs is 1. The van der Waals surface area contributed by atoms with Gasteiger partial charge in [-0.25, -0.2) is 4.79 Å². The summed E-state index contributed by atoms with van der Waals surface area (Å²) in [6.45, 7) is -0.464. The Labute approximate surface area is 154 Å². The van der Waals surface area contributed by atoms with Crippen LogP contribution < -0.4 is 5.69 Å². The van der Waals surface area contributed by atoms with E-state index in [0.29, 0.717) is 17.6 Å². The normalized spacial score (nSPS) is 25.3. The molecule has 3 heterocycles. The van der Waals surface area contributed by atoms with Crippen molar-refractivity contribution in [3.8, 4) is 0 Å². The van der Waals surface area contributed by atoms with Crippen LogP contribution in [0.3, 0.4) is 0 Å². The lowest BCUT2D eigenvalue weighted by atomic mass is 10.1. The fourth-order valence-corrected chi connectivity index (χ4v) is 3.30. The SMILES string of the molecule is O=c1nc2oc(CCc3ccccc3)cc2cn1[C@@H]1O[C@H](CO)[C@@H](O)[C@H]1O. The van der Waals surface area contributed by atoms with E-state index in [9.17, 15) is 20.1 Å². The fraction of sp³-hybridized carbons (Fsp3) is 0.368. The molecular formula is C19H20N2O6. The second kappa shape index (κ2) is 7.24. The van der Waals surface area contributed by atoms with E-state index >= 15 is 0 Å². The molecule has 0 unspecified atom stereocenters. The second-order valence-electron chi connectivity index (χ2n) is 6.62. The van der Waals surface area contributed by atoms with Gasteiger partial charge in [0.1, 0.15) is 24.1 Å². The van der Waals surface area contributed by atoms with E-state index in [1.165, 1.54) is 11.8 Å². The predicted octanol–water partition coefficient (Wildman–Crippen LogP) is 0.386. The number of aryl methyl sites for hydroxylation is 2. The van der Waals surface area contributed by atoms with Crippen molar-refractivity contribution < 1.29 is 24.5 Å². The fourth-order valence-electron chi connectivity index (χ4n) is 3.30. The van der Waals surface area contributed by atoms with Crippen molar-refractivity contribution in [2.45, 2.75) is 37.4 Å². The summed E-state index contributed by atoms with van der Waals surface area (Å²) in [5, 5.41) is 29.8. The largest absolute Gasteiger partial charge is 0.443 e. The number of ether oxygens (including phenoxy) is 1. The van der Waals surface area contributed by atoms with Crippen molar-refractivity contribution in [2.75, 3.05) is 6.61 Å². The topological polar surface area (TPSA) is 118 Å². The Kier molecular flexibility index (Phi) is 4.79. The molecule has 8 heteroatoms. The number of aliphatic hydroxyl groups excluding tert-OH is 3. The van der Waals surface area contributed by atoms with E-state index in [0.717, 1.165) is 11.0 Å². The van der Waals surface area contributed by atoms with Crippen LogP contribution in [-0.4, -0.2) is 49.8 Å². The van der Waals surface area contributed by atoms with Crippen molar-refractivity contribution in [1.82, 2.24) is 9.55 Å². The minimum Gasteiger partial charge on any atom is -0.443 e. The standard InChI is InChI=1S/C19H20N2O6/c22-10-14-15(23)16(24)18(27-14)21-9-12-8-13(26-17(12)20-19(21)25)7-6-11-4-2-1-3-5-11/h1-5,8-9,14-16,18,22-24H,6-7,10H2/t14-,15-,16-,18-/m1/s1. The molecule has 142 valence electrons. The van der Waals surface area contributed by atoms with Crippen molar-refractivity contribution in [1.29, 1.82) is 0 Å². The number of nitrogens with zero attached hydrogens (tertiary/aromatic N) is 2. The summed E-state index contributed by atoms with van der Waals surface area (Å²) in [5.74, 6) is 0.694. The Hall–Kier alpha value is -2.52. The smallest absolute Gasteiger partial charge is 0.353 e. The molecular weight excluding hydrogens is 352 g/mol. The first-order chi connectivity index (χ1) is 13.1. The number of hydrogen-bond acceptors (Lipinski definition) is 7. The van der Waals surface area contributed by atoms with Gasteiger partial charge in [-0.15, -0.1) is 0 Å². The van der Waals surface area contributed by atoms with Crippen LogP contribution in [0.2, 0.25) is 0 Å². The van der Waals surface area contributed by atoms with E-state index in [1.807, 2.05) is 30.3 Å². The van der Waals surface area contributed by atoms with Crippen molar-refractivity contribution in [3.63, 3.8) is 0 Å². The number of benzene rings is 1. The molecule has 1 saturated heterocycles. The summed E-state index contributed by atoms with van der Waals surface area (Å²) in [7, 11) is 0. The molecule has 3 N–H and O–H groups in total. The van der Waals surface area contributed by atoms with Gasteiger partial charge in [0.05, 0.1) is 12.0 Å². The average molecular weight is 372 g/mol. The van der Waals surface area contributed by atoms with Gasteiger partial charge in [0.25, 0.3) is 0 Å². The molecule has 0 spiro atoms. The summed E-state index contributed by atoms with van der Waals surface area (Å²) in [5.41, 5.74) is 0.726. The number of aromatic nitrogens is 2. The maximum Gasteiger partial charge on any atom is 0.353 e. The lowest BCUT2D eigenvalue weighted by Crippen LogP contribution is -2.35. The average Bonchev–Trinajstić information content (AvgIpc) is 3.20. The van der Waals surface area contributed by atoms with Crippen LogP contribution >= 0.6 is 0 Å². The van der Waals surface area contributed by atoms with E-state index in [-0.39, 0.29) is 5.71 Å². The van der Waals surface area contributed by atoms with Gasteiger partial charge in [0.2, 0.25) is 5.71 Å². The van der Waals surface area contributed by atoms with Crippen molar-refractivity contribution >= 4 is 11.1 Å². The van der Waals surface area contributed by atoms with E-state index in [4.69, 9.17) is 9.15 Å². The minimum absolute atomic E-state index is 0.214. The van der Waals surface area contributed by atoms with E-state index < -0.39 is 36.8 Å². The van der Waals surface area contributed by atoms with Gasteiger partial charge in [0, 0.05) is 12.6 Å². The summed E-state index contributed by atoms with van der Waals surface area (Å²) in [6.07, 6.45) is -1.78. The molecule has 1 fully saturated rings. The highest BCUT2D eigenvalue weighted by Gasteiger charge is 2.43. The lowest BCUT2D eigenvalue weighted by molar-refractivity contribution is -0.0547. The van der Waals surface area contributed by atoms with Gasteiger partial charge in [-0.1, -0.05) is 30.3 Å². The summed E-state index contributed by atoms with van der Waals surface area (Å²) >= 11 is 0. The van der Waals surface area contributed by atoms with Crippen LogP contribution in [0.4, 0.5) is 0 Å². The molecule has 0 amide bonds. The number of hydrogen-bond donors (Lipinski definition) is 3. The summed E-state index contributed by atoms with van der Waals surface area (Å²) in [4.78, 5) is 16.2. The van der Waals surface area contributed by atoms with Gasteiger partial charge in [-0.3, -0.25) is 4.57 Å². The zero-order chi connectivity index (χ0) is 19.0. The number of aliphatic hydroxyl groups is 3. The third-order valence-electron chi connectivity index (χ3n) is 4.78. The van der Waals surface area contributed by atoms with Crippen LogP contribution in [0.15, 0.2) is 51.8 Å². The van der Waals surface area contributed by atoms with Crippen molar-refractivity contribution in [2.24, 2.45) is 0 Å². The predicted molar refractivity (Wildman–Crippen MR) is 95.1 cm³/mol. The first-order valence-electron chi connectivity index (χ1n) is 8.75. The highest BCUT2D eigenvalue weighted by molar-refractivity contribution is 5.72. The Balaban J connectivity index is 1.59. The van der Waals surface area contributed by atoms with E-state index in [2.05, 4.69) is 4.98 Å². The molecule has 3 aromatic rings. The quantitative estimate of drug-likeness (QED) is 0.593. The maximum atomic E-state index is 12.3. The van der Waals surface area contributed by atoms with Crippen LogP contribution in [-0.2, 0) is 17.6 Å². The Bertz CT molecular complexity index is 983. The first-order valence-corrected chi connectivity index (χ1v) is 8.75. The monoisotopic (exact) mass is 372 g/mol. The maximum absolute atomic E-state index is 12.3.